The SMILES string of the molecule is O=C(COC(=O)c1ccc2c(c1)[C@@H]1C=CC[C@@H]1[C@@H](c1ccc(Cl)cc1)N2)c1ccc(Br)cc1. The summed E-state index contributed by atoms with van der Waals surface area (Å²) in [5, 5.41) is 4.37. The number of benzene rings is 3. The average molecular weight is 523 g/mol. The standard InChI is InChI=1S/C27H21BrClNO3/c28-19-9-4-16(5-10-19)25(31)15-33-27(32)18-8-13-24-23(14-18)21-2-1-3-22(21)26(30-24)17-6-11-20(29)12-7-17/h1-2,4-14,21-22,26,30H,3,15H2/t21-,22+,26-/m1/s1. The lowest BCUT2D eigenvalue weighted by atomic mass is 9.76. The van der Waals surface area contributed by atoms with Gasteiger partial charge in [-0.2, -0.15) is 0 Å². The van der Waals surface area contributed by atoms with Crippen LogP contribution < -0.4 is 5.32 Å². The molecule has 0 unspecified atom stereocenters. The predicted molar refractivity (Wildman–Crippen MR) is 133 cm³/mol. The highest BCUT2D eigenvalue weighted by molar-refractivity contribution is 9.10. The van der Waals surface area contributed by atoms with Crippen molar-refractivity contribution in [3.63, 3.8) is 0 Å². The number of hydrogen-bond donors (Lipinski definition) is 1. The van der Waals surface area contributed by atoms with Gasteiger partial charge >= 0.3 is 5.97 Å². The van der Waals surface area contributed by atoms with Gasteiger partial charge < -0.3 is 10.1 Å². The minimum atomic E-state index is -0.499. The van der Waals surface area contributed by atoms with Crippen LogP contribution >= 0.6 is 27.5 Å². The first-order valence-electron chi connectivity index (χ1n) is 10.8. The Morgan fingerprint density at radius 3 is 2.48 bits per heavy atom. The number of esters is 1. The highest BCUT2D eigenvalue weighted by atomic mass is 79.9. The Morgan fingerprint density at radius 1 is 1.00 bits per heavy atom. The van der Waals surface area contributed by atoms with Crippen molar-refractivity contribution in [1.29, 1.82) is 0 Å². The number of anilines is 1. The van der Waals surface area contributed by atoms with Gasteiger partial charge in [-0.1, -0.05) is 63.9 Å². The van der Waals surface area contributed by atoms with E-state index in [4.69, 9.17) is 16.3 Å². The maximum atomic E-state index is 12.7. The van der Waals surface area contributed by atoms with Crippen LogP contribution in [0.5, 0.6) is 0 Å². The molecule has 5 rings (SSSR count). The van der Waals surface area contributed by atoms with Crippen LogP contribution in [0, 0.1) is 5.92 Å². The molecule has 0 spiro atoms. The summed E-state index contributed by atoms with van der Waals surface area (Å²) in [5.41, 5.74) is 4.23. The van der Waals surface area contributed by atoms with Crippen molar-refractivity contribution in [1.82, 2.24) is 0 Å². The number of halogens is 2. The number of hydrogen-bond acceptors (Lipinski definition) is 4. The van der Waals surface area contributed by atoms with Gasteiger partial charge in [-0.15, -0.1) is 0 Å². The van der Waals surface area contributed by atoms with E-state index in [1.165, 1.54) is 5.56 Å². The van der Waals surface area contributed by atoms with E-state index in [2.05, 4.69) is 45.5 Å². The second-order valence-corrected chi connectivity index (χ2v) is 9.69. The third kappa shape index (κ3) is 4.48. The van der Waals surface area contributed by atoms with Crippen LogP contribution in [0.4, 0.5) is 5.69 Å². The molecule has 3 atom stereocenters. The lowest BCUT2D eigenvalue weighted by Crippen LogP contribution is -2.29. The van der Waals surface area contributed by atoms with Gasteiger partial charge in [0, 0.05) is 26.7 Å². The molecule has 0 saturated heterocycles. The van der Waals surface area contributed by atoms with Crippen LogP contribution in [0.25, 0.3) is 0 Å². The normalized spacial score (nSPS) is 20.5. The number of allylic oxidation sites excluding steroid dienone is 2. The van der Waals surface area contributed by atoms with E-state index < -0.39 is 5.97 Å². The van der Waals surface area contributed by atoms with Crippen molar-refractivity contribution in [2.24, 2.45) is 5.92 Å². The summed E-state index contributed by atoms with van der Waals surface area (Å²) in [6.07, 6.45) is 5.39. The molecule has 0 fully saturated rings. The van der Waals surface area contributed by atoms with Crippen molar-refractivity contribution in [3.05, 3.63) is 111 Å². The van der Waals surface area contributed by atoms with E-state index in [1.54, 1.807) is 30.3 Å². The van der Waals surface area contributed by atoms with Crippen molar-refractivity contribution in [2.75, 3.05) is 11.9 Å². The molecule has 0 amide bonds. The summed E-state index contributed by atoms with van der Waals surface area (Å²) < 4.78 is 6.21. The quantitative estimate of drug-likeness (QED) is 0.223. The third-order valence-corrected chi connectivity index (χ3v) is 7.11. The number of nitrogens with one attached hydrogen (secondary N) is 1. The number of Topliss-reactive ketones (excluding diaryl/α,β-unsaturated/α-hetero) is 1. The molecular weight excluding hydrogens is 502 g/mol. The Bertz CT molecular complexity index is 1240. The highest BCUT2D eigenvalue weighted by Crippen LogP contribution is 2.50. The molecule has 33 heavy (non-hydrogen) atoms. The zero-order valence-corrected chi connectivity index (χ0v) is 20.0. The monoisotopic (exact) mass is 521 g/mol. The fourth-order valence-electron chi connectivity index (χ4n) is 4.66. The average Bonchev–Trinajstić information content (AvgIpc) is 3.33. The molecule has 1 heterocycles. The minimum absolute atomic E-state index is 0.163. The van der Waals surface area contributed by atoms with E-state index >= 15 is 0 Å². The molecular formula is C27H21BrClNO3. The molecule has 1 aliphatic heterocycles. The number of rotatable bonds is 5. The Labute approximate surface area is 205 Å². The van der Waals surface area contributed by atoms with E-state index in [9.17, 15) is 9.59 Å². The molecule has 166 valence electrons. The first kappa shape index (κ1) is 21.9. The maximum absolute atomic E-state index is 12.7. The molecule has 0 bridgehead atoms. The van der Waals surface area contributed by atoms with Gasteiger partial charge in [0.15, 0.2) is 12.4 Å². The first-order valence-corrected chi connectivity index (χ1v) is 12.0. The van der Waals surface area contributed by atoms with Crippen LogP contribution in [-0.4, -0.2) is 18.4 Å². The van der Waals surface area contributed by atoms with Crippen LogP contribution in [0.3, 0.4) is 0 Å². The van der Waals surface area contributed by atoms with Crippen LogP contribution in [0.15, 0.2) is 83.4 Å². The number of ether oxygens (including phenoxy) is 1. The third-order valence-electron chi connectivity index (χ3n) is 6.33. The van der Waals surface area contributed by atoms with E-state index in [0.717, 1.165) is 27.2 Å². The fraction of sp³-hybridized carbons (Fsp3) is 0.185. The molecule has 0 saturated carbocycles. The predicted octanol–water partition coefficient (Wildman–Crippen LogP) is 6.97. The number of carbonyl (C=O) groups is 2. The summed E-state index contributed by atoms with van der Waals surface area (Å²) >= 11 is 9.42. The summed E-state index contributed by atoms with van der Waals surface area (Å²) in [7, 11) is 0. The van der Waals surface area contributed by atoms with Crippen molar-refractivity contribution >= 4 is 45.0 Å². The number of ketones is 1. The highest BCUT2D eigenvalue weighted by Gasteiger charge is 2.38. The fourth-order valence-corrected chi connectivity index (χ4v) is 5.05. The Kier molecular flexibility index (Phi) is 6.09. The van der Waals surface area contributed by atoms with Gasteiger partial charge in [0.25, 0.3) is 0 Å². The Morgan fingerprint density at radius 2 is 1.73 bits per heavy atom. The van der Waals surface area contributed by atoms with Gasteiger partial charge in [-0.05, 0) is 65.9 Å². The summed E-state index contributed by atoms with van der Waals surface area (Å²) in [5.74, 6) is -0.176. The molecule has 0 aromatic heterocycles. The van der Waals surface area contributed by atoms with Gasteiger partial charge in [-0.3, -0.25) is 4.79 Å². The molecule has 1 N–H and O–H groups in total. The first-order chi connectivity index (χ1) is 16.0. The maximum Gasteiger partial charge on any atom is 0.338 e. The topological polar surface area (TPSA) is 55.4 Å². The van der Waals surface area contributed by atoms with Crippen molar-refractivity contribution < 1.29 is 14.3 Å². The Balaban J connectivity index is 1.33. The smallest absolute Gasteiger partial charge is 0.338 e. The molecule has 4 nitrogen and oxygen atoms in total. The zero-order chi connectivity index (χ0) is 22.9. The van der Waals surface area contributed by atoms with Gasteiger partial charge in [-0.25, -0.2) is 4.79 Å². The van der Waals surface area contributed by atoms with Crippen LogP contribution in [-0.2, 0) is 4.74 Å². The van der Waals surface area contributed by atoms with Gasteiger partial charge in [0.2, 0.25) is 0 Å². The van der Waals surface area contributed by atoms with Crippen molar-refractivity contribution in [3.8, 4) is 0 Å². The molecule has 0 radical (unpaired) electrons. The Hall–Kier alpha value is -2.89. The molecule has 3 aromatic rings. The van der Waals surface area contributed by atoms with E-state index in [0.29, 0.717) is 17.0 Å². The molecule has 3 aromatic carbocycles. The van der Waals surface area contributed by atoms with E-state index in [1.807, 2.05) is 24.3 Å². The molecule has 2 aliphatic rings. The zero-order valence-electron chi connectivity index (χ0n) is 17.6. The summed E-state index contributed by atoms with van der Waals surface area (Å²) in [6.45, 7) is -0.291. The van der Waals surface area contributed by atoms with Crippen LogP contribution in [0.1, 0.15) is 50.2 Å². The molecule has 6 heteroatoms. The van der Waals surface area contributed by atoms with Crippen LogP contribution in [0.2, 0.25) is 5.02 Å². The molecule has 1 aliphatic carbocycles. The van der Waals surface area contributed by atoms with E-state index in [-0.39, 0.29) is 24.3 Å². The summed E-state index contributed by atoms with van der Waals surface area (Å²) in [6, 6.07) is 20.7. The lowest BCUT2D eigenvalue weighted by Gasteiger charge is -2.37. The lowest BCUT2D eigenvalue weighted by molar-refractivity contribution is 0.0474. The number of fused-ring (bicyclic) bond motifs is 3. The minimum Gasteiger partial charge on any atom is -0.454 e. The largest absolute Gasteiger partial charge is 0.454 e. The van der Waals surface area contributed by atoms with Gasteiger partial charge in [0.05, 0.1) is 11.6 Å². The van der Waals surface area contributed by atoms with Crippen molar-refractivity contribution in [2.45, 2.75) is 18.4 Å². The number of carbonyl (C=O) groups excluding carboxylic acids is 2. The second kappa shape index (κ2) is 9.16. The van der Waals surface area contributed by atoms with Gasteiger partial charge in [0.1, 0.15) is 0 Å². The second-order valence-electron chi connectivity index (χ2n) is 8.34. The summed E-state index contributed by atoms with van der Waals surface area (Å²) in [4.78, 5) is 25.0.